The summed E-state index contributed by atoms with van der Waals surface area (Å²) in [5.74, 6) is 0. The Kier molecular flexibility index (Phi) is 4.71. The van der Waals surface area contributed by atoms with Crippen LogP contribution in [0.5, 0.6) is 0 Å². The van der Waals surface area contributed by atoms with Crippen LogP contribution in [0.15, 0.2) is 60.7 Å². The van der Waals surface area contributed by atoms with Crippen LogP contribution in [0.3, 0.4) is 0 Å². The summed E-state index contributed by atoms with van der Waals surface area (Å²) in [5, 5.41) is 0.739. The van der Waals surface area contributed by atoms with Gasteiger partial charge in [0.25, 0.3) is 0 Å². The van der Waals surface area contributed by atoms with E-state index >= 15 is 0 Å². The summed E-state index contributed by atoms with van der Waals surface area (Å²) in [7, 11) is 0. The Labute approximate surface area is 130 Å². The number of ether oxygens (including phenoxy) is 2. The van der Waals surface area contributed by atoms with Crippen molar-refractivity contribution in [3.63, 3.8) is 0 Å². The van der Waals surface area contributed by atoms with Gasteiger partial charge in [0, 0.05) is 5.02 Å². The van der Waals surface area contributed by atoms with E-state index in [4.69, 9.17) is 21.1 Å². The van der Waals surface area contributed by atoms with Crippen molar-refractivity contribution in [3.8, 4) is 0 Å². The first kappa shape index (κ1) is 14.3. The van der Waals surface area contributed by atoms with Gasteiger partial charge in [-0.1, -0.05) is 54.1 Å². The minimum absolute atomic E-state index is 0.00960. The third-order valence-corrected chi connectivity index (χ3v) is 3.69. The average molecular weight is 301 g/mol. The Morgan fingerprint density at radius 2 is 1.67 bits per heavy atom. The van der Waals surface area contributed by atoms with E-state index in [1.807, 2.05) is 42.5 Å². The zero-order valence-electron chi connectivity index (χ0n) is 11.7. The van der Waals surface area contributed by atoms with E-state index in [0.29, 0.717) is 19.8 Å². The van der Waals surface area contributed by atoms with Gasteiger partial charge < -0.3 is 9.47 Å². The van der Waals surface area contributed by atoms with Crippen molar-refractivity contribution >= 4 is 17.2 Å². The SMILES string of the molecule is Clc1ccc(/C(=C/C2COCCO2)c2ccccc2)cc1. The lowest BCUT2D eigenvalue weighted by atomic mass is 9.96. The largest absolute Gasteiger partial charge is 0.376 e. The Morgan fingerprint density at radius 1 is 0.952 bits per heavy atom. The maximum atomic E-state index is 5.99. The van der Waals surface area contributed by atoms with Crippen molar-refractivity contribution in [1.82, 2.24) is 0 Å². The normalized spacial score (nSPS) is 19.5. The Hall–Kier alpha value is -1.61. The molecule has 0 aromatic heterocycles. The number of hydrogen-bond donors (Lipinski definition) is 0. The fourth-order valence-electron chi connectivity index (χ4n) is 2.39. The Bertz CT molecular complexity index is 599. The highest BCUT2D eigenvalue weighted by molar-refractivity contribution is 6.30. The quantitative estimate of drug-likeness (QED) is 0.846. The molecule has 1 saturated heterocycles. The van der Waals surface area contributed by atoms with Crippen LogP contribution in [0.4, 0.5) is 0 Å². The van der Waals surface area contributed by atoms with Gasteiger partial charge in [-0.05, 0) is 34.9 Å². The molecule has 1 heterocycles. The third kappa shape index (κ3) is 3.73. The molecule has 0 radical (unpaired) electrons. The fourth-order valence-corrected chi connectivity index (χ4v) is 2.52. The smallest absolute Gasteiger partial charge is 0.0999 e. The zero-order chi connectivity index (χ0) is 14.5. The summed E-state index contributed by atoms with van der Waals surface area (Å²) in [6, 6.07) is 18.2. The summed E-state index contributed by atoms with van der Waals surface area (Å²) in [5.41, 5.74) is 3.43. The van der Waals surface area contributed by atoms with Crippen LogP contribution in [-0.2, 0) is 9.47 Å². The van der Waals surface area contributed by atoms with Crippen LogP contribution in [0.25, 0.3) is 5.57 Å². The van der Waals surface area contributed by atoms with E-state index < -0.39 is 0 Å². The van der Waals surface area contributed by atoms with Crippen LogP contribution in [-0.4, -0.2) is 25.9 Å². The molecule has 0 aliphatic carbocycles. The number of halogens is 1. The topological polar surface area (TPSA) is 18.5 Å². The maximum Gasteiger partial charge on any atom is 0.0999 e. The lowest BCUT2D eigenvalue weighted by Gasteiger charge is -2.21. The summed E-state index contributed by atoms with van der Waals surface area (Å²) in [6.45, 7) is 1.92. The Balaban J connectivity index is 1.98. The van der Waals surface area contributed by atoms with Gasteiger partial charge in [0.2, 0.25) is 0 Å². The molecule has 0 bridgehead atoms. The average Bonchev–Trinajstić information content (AvgIpc) is 2.55. The second-order valence-corrected chi connectivity index (χ2v) is 5.37. The first-order valence-electron chi connectivity index (χ1n) is 7.05. The predicted octanol–water partition coefficient (Wildman–Crippen LogP) is 4.19. The van der Waals surface area contributed by atoms with E-state index in [-0.39, 0.29) is 6.10 Å². The molecule has 1 atom stereocenters. The lowest BCUT2D eigenvalue weighted by Crippen LogP contribution is -2.27. The monoisotopic (exact) mass is 300 g/mol. The molecular formula is C18H17ClO2. The third-order valence-electron chi connectivity index (χ3n) is 3.43. The molecule has 2 aromatic carbocycles. The molecule has 21 heavy (non-hydrogen) atoms. The van der Waals surface area contributed by atoms with Gasteiger partial charge in [0.15, 0.2) is 0 Å². The van der Waals surface area contributed by atoms with Gasteiger partial charge in [-0.15, -0.1) is 0 Å². The van der Waals surface area contributed by atoms with Crippen molar-refractivity contribution in [2.75, 3.05) is 19.8 Å². The van der Waals surface area contributed by atoms with Crippen molar-refractivity contribution in [2.24, 2.45) is 0 Å². The molecule has 2 aromatic rings. The second kappa shape index (κ2) is 6.90. The van der Waals surface area contributed by atoms with E-state index in [1.165, 1.54) is 0 Å². The number of benzene rings is 2. The van der Waals surface area contributed by atoms with Crippen LogP contribution >= 0.6 is 11.6 Å². The van der Waals surface area contributed by atoms with E-state index in [1.54, 1.807) is 0 Å². The molecule has 3 rings (SSSR count). The van der Waals surface area contributed by atoms with E-state index in [2.05, 4.69) is 18.2 Å². The second-order valence-electron chi connectivity index (χ2n) is 4.94. The minimum Gasteiger partial charge on any atom is -0.376 e. The molecule has 2 nitrogen and oxygen atoms in total. The van der Waals surface area contributed by atoms with Crippen molar-refractivity contribution in [2.45, 2.75) is 6.10 Å². The van der Waals surface area contributed by atoms with Crippen molar-refractivity contribution in [1.29, 1.82) is 0 Å². The molecule has 1 fully saturated rings. The molecular weight excluding hydrogens is 284 g/mol. The fraction of sp³-hybridized carbons (Fsp3) is 0.222. The van der Waals surface area contributed by atoms with Gasteiger partial charge in [0.05, 0.1) is 25.9 Å². The van der Waals surface area contributed by atoms with Crippen LogP contribution in [0.1, 0.15) is 11.1 Å². The highest BCUT2D eigenvalue weighted by Crippen LogP contribution is 2.26. The summed E-state index contributed by atoms with van der Waals surface area (Å²) < 4.78 is 11.2. The number of rotatable bonds is 3. The van der Waals surface area contributed by atoms with Crippen LogP contribution < -0.4 is 0 Å². The van der Waals surface area contributed by atoms with Gasteiger partial charge in [-0.25, -0.2) is 0 Å². The predicted molar refractivity (Wildman–Crippen MR) is 85.5 cm³/mol. The molecule has 0 spiro atoms. The molecule has 0 N–H and O–H groups in total. The van der Waals surface area contributed by atoms with Gasteiger partial charge in [-0.3, -0.25) is 0 Å². The molecule has 1 aliphatic rings. The molecule has 108 valence electrons. The van der Waals surface area contributed by atoms with Gasteiger partial charge >= 0.3 is 0 Å². The maximum absolute atomic E-state index is 5.99. The summed E-state index contributed by atoms with van der Waals surface area (Å²) in [6.07, 6.45) is 2.13. The lowest BCUT2D eigenvalue weighted by molar-refractivity contribution is -0.0673. The first-order chi connectivity index (χ1) is 10.3. The van der Waals surface area contributed by atoms with Crippen LogP contribution in [0, 0.1) is 0 Å². The highest BCUT2D eigenvalue weighted by Gasteiger charge is 2.14. The standard InChI is InChI=1S/C18H17ClO2/c19-16-8-6-15(7-9-16)18(14-4-2-1-3-5-14)12-17-13-20-10-11-21-17/h1-9,12,17H,10-11,13H2/b18-12+. The molecule has 1 unspecified atom stereocenters. The number of hydrogen-bond acceptors (Lipinski definition) is 2. The summed E-state index contributed by atoms with van der Waals surface area (Å²) >= 11 is 5.99. The highest BCUT2D eigenvalue weighted by atomic mass is 35.5. The molecule has 1 aliphatic heterocycles. The molecule has 3 heteroatoms. The van der Waals surface area contributed by atoms with Crippen molar-refractivity contribution < 1.29 is 9.47 Å². The van der Waals surface area contributed by atoms with Gasteiger partial charge in [-0.2, -0.15) is 0 Å². The Morgan fingerprint density at radius 3 is 2.33 bits per heavy atom. The van der Waals surface area contributed by atoms with Gasteiger partial charge in [0.1, 0.15) is 0 Å². The van der Waals surface area contributed by atoms with Crippen LogP contribution in [0.2, 0.25) is 5.02 Å². The summed E-state index contributed by atoms with van der Waals surface area (Å²) in [4.78, 5) is 0. The molecule has 0 saturated carbocycles. The zero-order valence-corrected chi connectivity index (χ0v) is 12.4. The minimum atomic E-state index is -0.00960. The van der Waals surface area contributed by atoms with E-state index in [9.17, 15) is 0 Å². The van der Waals surface area contributed by atoms with Crippen molar-refractivity contribution in [3.05, 3.63) is 76.8 Å². The molecule has 0 amide bonds. The van der Waals surface area contributed by atoms with E-state index in [0.717, 1.165) is 21.7 Å². The first-order valence-corrected chi connectivity index (χ1v) is 7.43.